The summed E-state index contributed by atoms with van der Waals surface area (Å²) in [5, 5.41) is 5.31. The van der Waals surface area contributed by atoms with Gasteiger partial charge in [0.05, 0.1) is 14.2 Å². The normalized spacial score (nSPS) is 11.1. The van der Waals surface area contributed by atoms with Crippen LogP contribution in [0, 0.1) is 0 Å². The number of benzene rings is 3. The molecule has 0 unspecified atom stereocenters. The summed E-state index contributed by atoms with van der Waals surface area (Å²) in [5.41, 5.74) is 1.98. The van der Waals surface area contributed by atoms with Gasteiger partial charge in [-0.25, -0.2) is 9.97 Å². The standard InChI is InChI=1S/C23H17Cl4N7O6S2.C9H6Cl2N4.C3Cl3N3.C2H6/c1-39-41(35,36)16-9-12(10-18-29-19(24)31-20(25)30-18)3-4-13(16)5-6-14-7-8-15(11-17(14)42(37,38)40-2)28-23-33-21(26)32-22(27)34-23;10-7-13-8(11)15-9(14-7)12-6-4-2-1-3-5-6;4-1-7-2(5)9-3(6)8-1;1-2/h3-9,11H,10H2,1-2H3,(H,28,32,33,34);1-5H,(H,12,13,14,15);;1-2H3/b6-5+;;;. The van der Waals surface area contributed by atoms with E-state index in [-0.39, 0.29) is 92.4 Å². The summed E-state index contributed by atoms with van der Waals surface area (Å²) in [5.74, 6) is 0.514. The molecule has 4 heterocycles. The van der Waals surface area contributed by atoms with Gasteiger partial charge in [-0.15, -0.1) is 0 Å². The number of hydrogen-bond donors (Lipinski definition) is 2. The van der Waals surface area contributed by atoms with E-state index in [0.29, 0.717) is 11.5 Å². The number of rotatable bonds is 12. The highest BCUT2D eigenvalue weighted by Gasteiger charge is 2.21. The van der Waals surface area contributed by atoms with Crippen LogP contribution in [0.5, 0.6) is 0 Å². The molecule has 4 aromatic heterocycles. The summed E-state index contributed by atoms with van der Waals surface area (Å²) >= 11 is 50.5. The molecule has 3 aromatic carbocycles. The Balaban J connectivity index is 0.000000312. The lowest BCUT2D eigenvalue weighted by Crippen LogP contribution is -2.07. The van der Waals surface area contributed by atoms with Crippen LogP contribution in [0.2, 0.25) is 47.6 Å². The Bertz CT molecular complexity index is 2870. The number of nitrogens with one attached hydrogen (secondary N) is 2. The smallest absolute Gasteiger partial charge is 0.297 e. The Kier molecular flexibility index (Phi) is 21.8. The fraction of sp³-hybridized carbons (Fsp3) is 0.135. The quantitative estimate of drug-likeness (QED) is 0.0850. The second kappa shape index (κ2) is 26.4. The Morgan fingerprint density at radius 1 is 0.456 bits per heavy atom. The molecule has 0 aliphatic carbocycles. The molecule has 31 heteroatoms. The van der Waals surface area contributed by atoms with Gasteiger partial charge >= 0.3 is 0 Å². The lowest BCUT2D eigenvalue weighted by molar-refractivity contribution is 0.396. The molecule has 7 rings (SSSR count). The highest BCUT2D eigenvalue weighted by molar-refractivity contribution is 7.87. The molecule has 0 aliphatic heterocycles. The predicted octanol–water partition coefficient (Wildman–Crippen LogP) is 10.6. The molecule has 7 aromatic rings. The first kappa shape index (κ1) is 56.1. The maximum absolute atomic E-state index is 12.8. The number of hydrogen-bond acceptors (Lipinski definition) is 20. The predicted molar refractivity (Wildman–Crippen MR) is 262 cm³/mol. The molecule has 0 aliphatic rings. The van der Waals surface area contributed by atoms with E-state index in [1.807, 2.05) is 44.2 Å². The zero-order valence-electron chi connectivity index (χ0n) is 34.7. The number of anilines is 4. The van der Waals surface area contributed by atoms with Gasteiger partial charge in [-0.3, -0.25) is 8.37 Å². The van der Waals surface area contributed by atoms with Gasteiger partial charge in [0.1, 0.15) is 15.6 Å². The van der Waals surface area contributed by atoms with E-state index in [4.69, 9.17) is 113 Å². The summed E-state index contributed by atoms with van der Waals surface area (Å²) < 4.78 is 60.6. The van der Waals surface area contributed by atoms with E-state index >= 15 is 0 Å². The van der Waals surface area contributed by atoms with Crippen LogP contribution in [0.1, 0.15) is 36.4 Å². The molecule has 2 N–H and O–H groups in total. The zero-order chi connectivity index (χ0) is 50.2. The minimum atomic E-state index is -4.24. The van der Waals surface area contributed by atoms with Crippen LogP contribution in [0.3, 0.4) is 0 Å². The van der Waals surface area contributed by atoms with E-state index in [9.17, 15) is 16.8 Å². The number of nitrogens with zero attached hydrogens (tertiary/aromatic N) is 12. The van der Waals surface area contributed by atoms with Crippen molar-refractivity contribution in [1.29, 1.82) is 0 Å². The average molecular weight is 1150 g/mol. The molecular formula is C37H29Cl9N14O6S2. The van der Waals surface area contributed by atoms with Gasteiger partial charge in [0.25, 0.3) is 20.2 Å². The maximum atomic E-state index is 12.8. The second-order valence-electron chi connectivity index (χ2n) is 11.8. The van der Waals surface area contributed by atoms with Crippen LogP contribution in [-0.2, 0) is 35.0 Å². The van der Waals surface area contributed by atoms with Crippen molar-refractivity contribution in [3.63, 3.8) is 0 Å². The first-order chi connectivity index (χ1) is 32.2. The Morgan fingerprint density at radius 2 is 0.809 bits per heavy atom. The summed E-state index contributed by atoms with van der Waals surface area (Å²) in [4.78, 5) is 44.4. The van der Waals surface area contributed by atoms with Gasteiger partial charge in [-0.1, -0.05) is 62.4 Å². The molecule has 0 radical (unpaired) electrons. The van der Waals surface area contributed by atoms with E-state index in [0.717, 1.165) is 19.9 Å². The number of aromatic nitrogens is 12. The minimum Gasteiger partial charge on any atom is -0.324 e. The van der Waals surface area contributed by atoms with E-state index < -0.39 is 20.2 Å². The molecule has 0 saturated carbocycles. The highest BCUT2D eigenvalue weighted by Crippen LogP contribution is 2.28. The molecule has 0 saturated heterocycles. The van der Waals surface area contributed by atoms with E-state index in [2.05, 4.69) is 70.4 Å². The van der Waals surface area contributed by atoms with Gasteiger partial charge in [0.2, 0.25) is 59.4 Å². The van der Waals surface area contributed by atoms with Crippen molar-refractivity contribution in [2.75, 3.05) is 24.9 Å². The average Bonchev–Trinajstić information content (AvgIpc) is 3.26. The largest absolute Gasteiger partial charge is 0.324 e. The number of halogens is 9. The van der Waals surface area contributed by atoms with Gasteiger partial charge in [0, 0.05) is 17.8 Å². The van der Waals surface area contributed by atoms with Crippen molar-refractivity contribution in [1.82, 2.24) is 59.8 Å². The third-order valence-electron chi connectivity index (χ3n) is 7.50. The molecule has 20 nitrogen and oxygen atoms in total. The Morgan fingerprint density at radius 3 is 1.22 bits per heavy atom. The van der Waals surface area contributed by atoms with Crippen molar-refractivity contribution in [2.45, 2.75) is 30.1 Å². The fourth-order valence-electron chi connectivity index (χ4n) is 4.84. The summed E-state index contributed by atoms with van der Waals surface area (Å²) in [7, 11) is -6.42. The summed E-state index contributed by atoms with van der Waals surface area (Å²) in [6.07, 6.45) is 2.90. The van der Waals surface area contributed by atoms with Gasteiger partial charge in [-0.2, -0.15) is 66.7 Å². The molecule has 0 bridgehead atoms. The van der Waals surface area contributed by atoms with Crippen molar-refractivity contribution in [3.8, 4) is 0 Å². The topological polar surface area (TPSA) is 265 Å². The summed E-state index contributed by atoms with van der Waals surface area (Å²) in [6.45, 7) is 4.00. The van der Waals surface area contributed by atoms with E-state index in [1.165, 1.54) is 42.5 Å². The zero-order valence-corrected chi connectivity index (χ0v) is 43.2. The van der Waals surface area contributed by atoms with Gasteiger partial charge < -0.3 is 10.6 Å². The third kappa shape index (κ3) is 17.8. The molecule has 0 atom stereocenters. The van der Waals surface area contributed by atoms with Crippen molar-refractivity contribution in [2.24, 2.45) is 0 Å². The van der Waals surface area contributed by atoms with Crippen LogP contribution in [0.4, 0.5) is 23.3 Å². The Labute approximate surface area is 433 Å². The lowest BCUT2D eigenvalue weighted by Gasteiger charge is -2.11. The van der Waals surface area contributed by atoms with Gasteiger partial charge in [-0.05, 0) is 151 Å². The Hall–Kier alpha value is -4.53. The van der Waals surface area contributed by atoms with Crippen LogP contribution < -0.4 is 10.6 Å². The molecule has 68 heavy (non-hydrogen) atoms. The number of para-hydroxylation sites is 1. The van der Waals surface area contributed by atoms with Crippen molar-refractivity contribution in [3.05, 3.63) is 137 Å². The second-order valence-corrected chi connectivity index (χ2v) is 18.2. The molecule has 0 spiro atoms. The lowest BCUT2D eigenvalue weighted by atomic mass is 10.1. The van der Waals surface area contributed by atoms with Crippen molar-refractivity contribution >= 4 is 160 Å². The minimum absolute atomic E-state index is 0.000000000000000444. The maximum Gasteiger partial charge on any atom is 0.297 e. The SMILES string of the molecule is CC.COS(=O)(=O)c1cc(Cc2nc(Cl)nc(Cl)n2)ccc1/C=C/c1ccc(Nc2nc(Cl)nc(Cl)n2)cc1S(=O)(=O)OC.Clc1nc(Cl)nc(Cl)n1.Clc1nc(Cl)nc(Nc2ccccc2)n1. The van der Waals surface area contributed by atoms with Crippen LogP contribution in [-0.4, -0.2) is 90.9 Å². The van der Waals surface area contributed by atoms with E-state index in [1.54, 1.807) is 6.07 Å². The molecule has 0 fully saturated rings. The van der Waals surface area contributed by atoms with Crippen LogP contribution in [0.25, 0.3) is 12.2 Å². The first-order valence-corrected chi connectivity index (χ1v) is 24.5. The van der Waals surface area contributed by atoms with Crippen LogP contribution >= 0.6 is 104 Å². The van der Waals surface area contributed by atoms with Gasteiger partial charge in [0.15, 0.2) is 0 Å². The highest BCUT2D eigenvalue weighted by atomic mass is 35.5. The molecule has 0 amide bonds. The molecule has 358 valence electrons. The summed E-state index contributed by atoms with van der Waals surface area (Å²) in [6, 6.07) is 18.2. The van der Waals surface area contributed by atoms with Crippen molar-refractivity contribution < 1.29 is 25.2 Å². The monoisotopic (exact) mass is 1140 g/mol. The van der Waals surface area contributed by atoms with Crippen LogP contribution in [0.15, 0.2) is 76.5 Å². The first-order valence-electron chi connectivity index (χ1n) is 18.3. The fourth-order valence-corrected chi connectivity index (χ4v) is 8.35. The molecular weight excluding hydrogens is 1120 g/mol. The third-order valence-corrected chi connectivity index (χ3v) is 11.7.